The number of rotatable bonds is 6. The molecule has 0 saturated heterocycles. The Morgan fingerprint density at radius 3 is 2.62 bits per heavy atom. The normalized spacial score (nSPS) is 12.8. The molecule has 136 valence electrons. The van der Waals surface area contributed by atoms with Crippen LogP contribution >= 0.6 is 0 Å². The highest BCUT2D eigenvalue weighted by Crippen LogP contribution is 2.23. The number of benzene rings is 1. The number of carbonyl (C=O) groups is 1. The number of amides is 1. The van der Waals surface area contributed by atoms with Gasteiger partial charge < -0.3 is 9.72 Å². The van der Waals surface area contributed by atoms with Gasteiger partial charge in [-0.3, -0.25) is 9.35 Å². The lowest BCUT2D eigenvalue weighted by atomic mass is 9.98. The van der Waals surface area contributed by atoms with E-state index >= 15 is 0 Å². The number of nitrogens with one attached hydrogen (secondary N) is 1. The molecule has 0 aliphatic heterocycles. The fourth-order valence-corrected chi connectivity index (χ4v) is 2.98. The topological polar surface area (TPSA) is 101 Å². The summed E-state index contributed by atoms with van der Waals surface area (Å²) in [6.45, 7) is 1.62. The van der Waals surface area contributed by atoms with Crippen LogP contribution < -0.4 is 5.32 Å². The van der Waals surface area contributed by atoms with Crippen LogP contribution in [0, 0.1) is 0 Å². The number of pyridine rings is 1. The van der Waals surface area contributed by atoms with Crippen LogP contribution in [0.2, 0.25) is 0 Å². The maximum atomic E-state index is 12.1. The monoisotopic (exact) mass is 373 g/mol. The Morgan fingerprint density at radius 1 is 1.23 bits per heavy atom. The summed E-state index contributed by atoms with van der Waals surface area (Å²) in [6, 6.07) is 13.3. The number of imidazole rings is 1. The van der Waals surface area contributed by atoms with E-state index in [1.54, 1.807) is 6.92 Å². The van der Waals surface area contributed by atoms with Crippen molar-refractivity contribution < 1.29 is 17.8 Å². The molecule has 1 aromatic carbocycles. The van der Waals surface area contributed by atoms with Crippen molar-refractivity contribution >= 4 is 21.7 Å². The number of nitrogens with zero attached hydrogens (tertiary/aromatic N) is 2. The molecule has 8 heteroatoms. The highest BCUT2D eigenvalue weighted by Gasteiger charge is 2.16. The summed E-state index contributed by atoms with van der Waals surface area (Å²) in [5, 5.41) is 2.51. The van der Waals surface area contributed by atoms with Crippen LogP contribution in [0.3, 0.4) is 0 Å². The molecule has 1 unspecified atom stereocenters. The van der Waals surface area contributed by atoms with Gasteiger partial charge in [-0.05, 0) is 24.6 Å². The molecule has 0 spiro atoms. The minimum atomic E-state index is -4.08. The van der Waals surface area contributed by atoms with Gasteiger partial charge in [0.25, 0.3) is 10.1 Å². The standard InChI is InChI=1S/C18H19N3O4S/c1-13(18(22)19-9-11-26(23,24)25)14-5-7-15(8-6-14)16-12-21-10-3-2-4-17(21)20-16/h2-8,10,12-13H,9,11H2,1H3,(H,19,22)(H,23,24,25). The first-order valence-electron chi connectivity index (χ1n) is 8.10. The second kappa shape index (κ2) is 7.27. The zero-order valence-corrected chi connectivity index (χ0v) is 15.0. The molecule has 0 aliphatic carbocycles. The molecule has 3 aromatic rings. The van der Waals surface area contributed by atoms with Crippen LogP contribution in [0.15, 0.2) is 54.9 Å². The van der Waals surface area contributed by atoms with Crippen molar-refractivity contribution in [2.24, 2.45) is 0 Å². The van der Waals surface area contributed by atoms with Crippen LogP contribution in [0.4, 0.5) is 0 Å². The number of aromatic nitrogens is 2. The van der Waals surface area contributed by atoms with Crippen molar-refractivity contribution in [1.29, 1.82) is 0 Å². The van der Waals surface area contributed by atoms with Crippen molar-refractivity contribution in [2.75, 3.05) is 12.3 Å². The van der Waals surface area contributed by atoms with E-state index in [4.69, 9.17) is 4.55 Å². The fraction of sp³-hybridized carbons (Fsp3) is 0.222. The van der Waals surface area contributed by atoms with E-state index in [1.807, 2.05) is 59.3 Å². The third kappa shape index (κ3) is 4.27. The Kier molecular flexibility index (Phi) is 5.06. The lowest BCUT2D eigenvalue weighted by molar-refractivity contribution is -0.122. The molecule has 2 heterocycles. The average Bonchev–Trinajstić information content (AvgIpc) is 3.04. The third-order valence-electron chi connectivity index (χ3n) is 4.12. The number of fused-ring (bicyclic) bond motifs is 1. The van der Waals surface area contributed by atoms with E-state index < -0.39 is 21.8 Å². The summed E-state index contributed by atoms with van der Waals surface area (Å²) in [4.78, 5) is 16.7. The Balaban J connectivity index is 1.69. The van der Waals surface area contributed by atoms with Gasteiger partial charge in [0.1, 0.15) is 5.65 Å². The van der Waals surface area contributed by atoms with E-state index in [0.717, 1.165) is 22.5 Å². The molecular weight excluding hydrogens is 354 g/mol. The molecule has 1 atom stereocenters. The highest BCUT2D eigenvalue weighted by atomic mass is 32.2. The van der Waals surface area contributed by atoms with E-state index in [-0.39, 0.29) is 12.5 Å². The maximum absolute atomic E-state index is 12.1. The van der Waals surface area contributed by atoms with Gasteiger partial charge in [0, 0.05) is 24.5 Å². The summed E-state index contributed by atoms with van der Waals surface area (Å²) < 4.78 is 32.0. The van der Waals surface area contributed by atoms with E-state index in [1.165, 1.54) is 0 Å². The molecule has 26 heavy (non-hydrogen) atoms. The van der Waals surface area contributed by atoms with Gasteiger partial charge in [-0.2, -0.15) is 8.42 Å². The molecule has 0 aliphatic rings. The first kappa shape index (κ1) is 18.1. The summed E-state index contributed by atoms with van der Waals surface area (Å²) in [7, 11) is -4.08. The highest BCUT2D eigenvalue weighted by molar-refractivity contribution is 7.85. The molecule has 1 amide bonds. The fourth-order valence-electron chi connectivity index (χ4n) is 2.62. The van der Waals surface area contributed by atoms with Crippen LogP contribution in [0.1, 0.15) is 18.4 Å². The van der Waals surface area contributed by atoms with E-state index in [2.05, 4.69) is 10.3 Å². The molecule has 2 aromatic heterocycles. The summed E-state index contributed by atoms with van der Waals surface area (Å²) in [6.07, 6.45) is 3.87. The van der Waals surface area contributed by atoms with Gasteiger partial charge in [-0.25, -0.2) is 4.98 Å². The molecule has 0 bridgehead atoms. The van der Waals surface area contributed by atoms with Gasteiger partial charge in [-0.1, -0.05) is 30.3 Å². The largest absolute Gasteiger partial charge is 0.354 e. The molecule has 7 nitrogen and oxygen atoms in total. The first-order chi connectivity index (χ1) is 12.3. The number of carbonyl (C=O) groups excluding carboxylic acids is 1. The first-order valence-corrected chi connectivity index (χ1v) is 9.71. The molecule has 2 N–H and O–H groups in total. The minimum Gasteiger partial charge on any atom is -0.354 e. The van der Waals surface area contributed by atoms with Crippen LogP contribution in [0.5, 0.6) is 0 Å². The van der Waals surface area contributed by atoms with Gasteiger partial charge in [0.15, 0.2) is 0 Å². The zero-order chi connectivity index (χ0) is 18.7. The molecule has 0 radical (unpaired) electrons. The Morgan fingerprint density at radius 2 is 1.96 bits per heavy atom. The maximum Gasteiger partial charge on any atom is 0.266 e. The number of hydrogen-bond acceptors (Lipinski definition) is 4. The quantitative estimate of drug-likeness (QED) is 0.645. The summed E-state index contributed by atoms with van der Waals surface area (Å²) in [5.41, 5.74) is 3.45. The molecule has 0 saturated carbocycles. The van der Waals surface area contributed by atoms with Crippen molar-refractivity contribution in [2.45, 2.75) is 12.8 Å². The zero-order valence-electron chi connectivity index (χ0n) is 14.2. The van der Waals surface area contributed by atoms with Gasteiger partial charge in [0.2, 0.25) is 5.91 Å². The van der Waals surface area contributed by atoms with Crippen LogP contribution in [-0.2, 0) is 14.9 Å². The Bertz CT molecular complexity index is 993. The predicted octanol–water partition coefficient (Wildman–Crippen LogP) is 2.11. The second-order valence-corrected chi connectivity index (χ2v) is 7.59. The Hall–Kier alpha value is -2.71. The summed E-state index contributed by atoms with van der Waals surface area (Å²) >= 11 is 0. The van der Waals surface area contributed by atoms with Gasteiger partial charge in [-0.15, -0.1) is 0 Å². The SMILES string of the molecule is CC(C(=O)NCCS(=O)(=O)O)c1ccc(-c2cn3ccccc3n2)cc1. The van der Waals surface area contributed by atoms with Crippen molar-refractivity contribution in [3.8, 4) is 11.3 Å². The predicted molar refractivity (Wildman–Crippen MR) is 98.5 cm³/mol. The van der Waals surface area contributed by atoms with E-state index in [9.17, 15) is 13.2 Å². The van der Waals surface area contributed by atoms with Crippen molar-refractivity contribution in [3.63, 3.8) is 0 Å². The van der Waals surface area contributed by atoms with E-state index in [0.29, 0.717) is 0 Å². The van der Waals surface area contributed by atoms with Crippen LogP contribution in [0.25, 0.3) is 16.9 Å². The lowest BCUT2D eigenvalue weighted by Crippen LogP contribution is -2.32. The van der Waals surface area contributed by atoms with Crippen LogP contribution in [-0.4, -0.2) is 40.6 Å². The average molecular weight is 373 g/mol. The smallest absolute Gasteiger partial charge is 0.266 e. The van der Waals surface area contributed by atoms with Crippen molar-refractivity contribution in [3.05, 3.63) is 60.4 Å². The second-order valence-electron chi connectivity index (χ2n) is 6.01. The third-order valence-corrected chi connectivity index (χ3v) is 4.84. The Labute approximate surface area is 151 Å². The molecule has 3 rings (SSSR count). The summed E-state index contributed by atoms with van der Waals surface area (Å²) in [5.74, 6) is -1.24. The number of hydrogen-bond donors (Lipinski definition) is 2. The van der Waals surface area contributed by atoms with Gasteiger partial charge >= 0.3 is 0 Å². The molecule has 0 fully saturated rings. The van der Waals surface area contributed by atoms with Crippen molar-refractivity contribution in [1.82, 2.24) is 14.7 Å². The van der Waals surface area contributed by atoms with Gasteiger partial charge in [0.05, 0.1) is 17.4 Å². The lowest BCUT2D eigenvalue weighted by Gasteiger charge is -2.12. The minimum absolute atomic E-state index is 0.124. The molecular formula is C18H19N3O4S.